The molecule has 0 aliphatic carbocycles. The zero-order chi connectivity index (χ0) is 22.1. The van der Waals surface area contributed by atoms with Crippen LogP contribution in [0.5, 0.6) is 0 Å². The number of aromatic nitrogens is 1. The van der Waals surface area contributed by atoms with Crippen LogP contribution in [0, 0.1) is 0 Å². The summed E-state index contributed by atoms with van der Waals surface area (Å²) in [4.78, 5) is 21.2. The number of benzene rings is 1. The van der Waals surface area contributed by atoms with Crippen molar-refractivity contribution in [1.82, 2.24) is 9.88 Å². The number of rotatable bonds is 5. The number of carbonyl (C=O) groups is 1. The topological polar surface area (TPSA) is 76.9 Å². The molecule has 31 heavy (non-hydrogen) atoms. The van der Waals surface area contributed by atoms with Crippen LogP contribution in [0.3, 0.4) is 0 Å². The molecule has 0 saturated carbocycles. The Bertz CT molecular complexity index is 937. The fourth-order valence-corrected chi connectivity index (χ4v) is 6.05. The lowest BCUT2D eigenvalue weighted by molar-refractivity contribution is -0.120. The van der Waals surface area contributed by atoms with Crippen LogP contribution in [-0.2, 0) is 10.2 Å². The molecule has 1 aromatic carbocycles. The Morgan fingerprint density at radius 1 is 1.10 bits per heavy atom. The third-order valence-electron chi connectivity index (χ3n) is 6.41. The normalized spacial score (nSPS) is 25.4. The summed E-state index contributed by atoms with van der Waals surface area (Å²) in [5, 5.41) is 1.02. The highest BCUT2D eigenvalue weighted by Gasteiger charge is 2.41. The fraction of sp³-hybridized carbons (Fsp3) is 0.455. The maximum absolute atomic E-state index is 12.8. The van der Waals surface area contributed by atoms with Gasteiger partial charge in [0, 0.05) is 37.7 Å². The number of hydrogen-bond acceptors (Lipinski definition) is 5. The Morgan fingerprint density at radius 3 is 2.55 bits per heavy atom. The second kappa shape index (κ2) is 9.25. The van der Waals surface area contributed by atoms with E-state index in [0.29, 0.717) is 53.4 Å². The molecular weight excluding hydrogens is 457 g/mol. The molecule has 0 spiro atoms. The van der Waals surface area contributed by atoms with Gasteiger partial charge in [0.15, 0.2) is 0 Å². The Hall–Kier alpha value is -1.35. The number of pyridine rings is 1. The molecule has 2 fully saturated rings. The molecule has 2 saturated heterocycles. The van der Waals surface area contributed by atoms with Crippen LogP contribution >= 0.6 is 33.8 Å². The van der Waals surface area contributed by atoms with Crippen molar-refractivity contribution in [1.29, 1.82) is 0 Å². The first-order chi connectivity index (χ1) is 14.8. The van der Waals surface area contributed by atoms with E-state index < -0.39 is 10.6 Å². The smallest absolute Gasteiger partial charge is 0.228 e. The average molecular weight is 484 g/mol. The third kappa shape index (κ3) is 5.18. The maximum atomic E-state index is 12.8. The van der Waals surface area contributed by atoms with Gasteiger partial charge in [0.25, 0.3) is 0 Å². The van der Waals surface area contributed by atoms with Crippen LogP contribution in [0.1, 0.15) is 24.8 Å². The molecule has 1 aromatic heterocycles. The van der Waals surface area contributed by atoms with Crippen molar-refractivity contribution in [2.75, 3.05) is 42.6 Å². The summed E-state index contributed by atoms with van der Waals surface area (Å²) in [7, 11) is -2.42. The number of carbonyl (C=O) groups excluding carboxylic acids is 1. The van der Waals surface area contributed by atoms with E-state index >= 15 is 0 Å². The van der Waals surface area contributed by atoms with E-state index in [1.807, 2.05) is 36.4 Å². The Kier molecular flexibility index (Phi) is 6.82. The predicted molar refractivity (Wildman–Crippen MR) is 128 cm³/mol. The van der Waals surface area contributed by atoms with E-state index in [-0.39, 0.29) is 11.3 Å². The first kappa shape index (κ1) is 22.8. The van der Waals surface area contributed by atoms with Crippen molar-refractivity contribution in [3.05, 3.63) is 58.2 Å². The maximum Gasteiger partial charge on any atom is 0.228 e. The fourth-order valence-electron chi connectivity index (χ4n) is 4.44. The third-order valence-corrected chi connectivity index (χ3v) is 8.82. The van der Waals surface area contributed by atoms with Crippen LogP contribution in [0.2, 0.25) is 10.0 Å². The van der Waals surface area contributed by atoms with Gasteiger partial charge in [0.2, 0.25) is 5.91 Å². The molecule has 2 aliphatic rings. The van der Waals surface area contributed by atoms with Crippen LogP contribution in [0.25, 0.3) is 0 Å². The standard InChI is InChI=1S/C22H27Cl2N3O3S/c23-18-5-4-17(15-19(18)24)22(8-10-26-11-13-31(29,30)14-12-26)7-6-21(28)27(16-22)20-3-1-2-9-25-20/h1-5,9,15,29-30H,6-8,10-14,16H2/t22-/m1/s1. The van der Waals surface area contributed by atoms with Gasteiger partial charge in [-0.3, -0.25) is 18.8 Å². The minimum absolute atomic E-state index is 0.0707. The monoisotopic (exact) mass is 483 g/mol. The molecule has 4 rings (SSSR count). The molecule has 6 nitrogen and oxygen atoms in total. The molecule has 2 aromatic rings. The van der Waals surface area contributed by atoms with Gasteiger partial charge in [-0.25, -0.2) is 4.98 Å². The zero-order valence-electron chi connectivity index (χ0n) is 17.2. The summed E-state index contributed by atoms with van der Waals surface area (Å²) in [5.41, 5.74) is 0.774. The second-order valence-corrected chi connectivity index (χ2v) is 11.6. The van der Waals surface area contributed by atoms with Crippen molar-refractivity contribution in [2.45, 2.75) is 24.7 Å². The molecular formula is C22H27Cl2N3O3S. The zero-order valence-corrected chi connectivity index (χ0v) is 19.5. The Morgan fingerprint density at radius 2 is 1.87 bits per heavy atom. The molecule has 0 radical (unpaired) electrons. The van der Waals surface area contributed by atoms with E-state index in [2.05, 4.69) is 9.88 Å². The van der Waals surface area contributed by atoms with Crippen molar-refractivity contribution in [3.8, 4) is 0 Å². The van der Waals surface area contributed by atoms with E-state index in [4.69, 9.17) is 23.2 Å². The number of anilines is 1. The van der Waals surface area contributed by atoms with Gasteiger partial charge in [-0.2, -0.15) is 10.6 Å². The highest BCUT2D eigenvalue weighted by molar-refractivity contribution is 8.24. The number of amides is 1. The van der Waals surface area contributed by atoms with Gasteiger partial charge in [-0.1, -0.05) is 35.3 Å². The number of halogens is 2. The largest absolute Gasteiger partial charge is 0.300 e. The van der Waals surface area contributed by atoms with Gasteiger partial charge < -0.3 is 4.90 Å². The van der Waals surface area contributed by atoms with Crippen LogP contribution < -0.4 is 4.90 Å². The predicted octanol–water partition coefficient (Wildman–Crippen LogP) is 4.91. The molecule has 2 aliphatic heterocycles. The summed E-state index contributed by atoms with van der Waals surface area (Å²) in [6.45, 7) is 2.66. The van der Waals surface area contributed by atoms with Gasteiger partial charge >= 0.3 is 0 Å². The van der Waals surface area contributed by atoms with Crippen molar-refractivity contribution < 1.29 is 13.9 Å². The first-order valence-electron chi connectivity index (χ1n) is 10.4. The highest BCUT2D eigenvalue weighted by Crippen LogP contribution is 2.43. The Balaban J connectivity index is 1.61. The lowest BCUT2D eigenvalue weighted by Gasteiger charge is -2.45. The molecule has 9 heteroatoms. The molecule has 2 N–H and O–H groups in total. The summed E-state index contributed by atoms with van der Waals surface area (Å²) >= 11 is 12.5. The quantitative estimate of drug-likeness (QED) is 0.631. The van der Waals surface area contributed by atoms with Crippen molar-refractivity contribution >= 4 is 45.5 Å². The number of hydrogen-bond donors (Lipinski definition) is 2. The average Bonchev–Trinajstić information content (AvgIpc) is 2.77. The first-order valence-corrected chi connectivity index (χ1v) is 13.1. The molecule has 168 valence electrons. The SMILES string of the molecule is O=C1CC[C@](CCN2CCS(O)(O)CC2)(c2ccc(Cl)c(Cl)c2)CN1c1ccccn1. The minimum Gasteiger partial charge on any atom is -0.300 e. The van der Waals surface area contributed by atoms with Crippen LogP contribution in [0.15, 0.2) is 42.6 Å². The second-order valence-electron chi connectivity index (χ2n) is 8.38. The number of nitrogens with zero attached hydrogens (tertiary/aromatic N) is 3. The van der Waals surface area contributed by atoms with E-state index in [0.717, 1.165) is 24.9 Å². The van der Waals surface area contributed by atoms with E-state index in [9.17, 15) is 13.9 Å². The molecule has 0 unspecified atom stereocenters. The highest BCUT2D eigenvalue weighted by atomic mass is 35.5. The van der Waals surface area contributed by atoms with Crippen molar-refractivity contribution in [3.63, 3.8) is 0 Å². The lowest BCUT2D eigenvalue weighted by atomic mass is 9.71. The van der Waals surface area contributed by atoms with Crippen LogP contribution in [0.4, 0.5) is 5.82 Å². The summed E-state index contributed by atoms with van der Waals surface area (Å²) in [6.07, 6.45) is 3.67. The number of piperidine rings is 1. The molecule has 1 amide bonds. The van der Waals surface area contributed by atoms with Crippen LogP contribution in [-0.4, -0.2) is 62.6 Å². The van der Waals surface area contributed by atoms with E-state index in [1.54, 1.807) is 11.1 Å². The van der Waals surface area contributed by atoms with Gasteiger partial charge in [-0.15, -0.1) is 0 Å². The van der Waals surface area contributed by atoms with Crippen molar-refractivity contribution in [2.24, 2.45) is 0 Å². The van der Waals surface area contributed by atoms with E-state index in [1.165, 1.54) is 0 Å². The summed E-state index contributed by atoms with van der Waals surface area (Å²) in [6, 6.07) is 11.3. The van der Waals surface area contributed by atoms with Gasteiger partial charge in [0.1, 0.15) is 5.82 Å². The Labute approximate surface area is 194 Å². The minimum atomic E-state index is -2.42. The summed E-state index contributed by atoms with van der Waals surface area (Å²) in [5.74, 6) is 1.57. The van der Waals surface area contributed by atoms with Gasteiger partial charge in [0.05, 0.1) is 21.6 Å². The summed E-state index contributed by atoms with van der Waals surface area (Å²) < 4.78 is 19.8. The lowest BCUT2D eigenvalue weighted by Crippen LogP contribution is -2.51. The molecule has 1 atom stereocenters. The molecule has 3 heterocycles. The molecule has 0 bridgehead atoms. The van der Waals surface area contributed by atoms with Gasteiger partial charge in [-0.05, 0) is 49.2 Å².